The van der Waals surface area contributed by atoms with Crippen molar-refractivity contribution < 1.29 is 13.6 Å². The van der Waals surface area contributed by atoms with Crippen molar-refractivity contribution in [2.45, 2.75) is 6.92 Å². The maximum Gasteiger partial charge on any atom is 0.259 e. The minimum atomic E-state index is -0.936. The second-order valence-electron chi connectivity index (χ2n) is 3.61. The van der Waals surface area contributed by atoms with Crippen LogP contribution in [0.15, 0.2) is 18.3 Å². The average Bonchev–Trinajstić information content (AvgIpc) is 2.69. The molecule has 0 unspecified atom stereocenters. The van der Waals surface area contributed by atoms with Gasteiger partial charge in [-0.3, -0.25) is 9.89 Å². The number of rotatable bonds is 2. The highest BCUT2D eigenvalue weighted by Gasteiger charge is 2.16. The Bertz CT molecular complexity index is 589. The maximum absolute atomic E-state index is 13.5. The van der Waals surface area contributed by atoms with Crippen LogP contribution < -0.4 is 5.32 Å². The topological polar surface area (TPSA) is 57.8 Å². The van der Waals surface area contributed by atoms with E-state index in [1.165, 1.54) is 6.20 Å². The summed E-state index contributed by atoms with van der Waals surface area (Å²) in [6, 6.07) is 1.56. The fourth-order valence-corrected chi connectivity index (χ4v) is 1.66. The largest absolute Gasteiger partial charge is 0.318 e. The molecule has 2 rings (SSSR count). The van der Waals surface area contributed by atoms with Crippen molar-refractivity contribution in [2.24, 2.45) is 0 Å². The van der Waals surface area contributed by atoms with E-state index in [0.29, 0.717) is 11.8 Å². The highest BCUT2D eigenvalue weighted by Crippen LogP contribution is 2.26. The summed E-state index contributed by atoms with van der Waals surface area (Å²) in [5.41, 5.74) is 0.532. The van der Waals surface area contributed by atoms with Gasteiger partial charge in [0.05, 0.1) is 22.5 Å². The lowest BCUT2D eigenvalue weighted by Crippen LogP contribution is -2.14. The number of aromatic amines is 1. The molecule has 0 saturated heterocycles. The lowest BCUT2D eigenvalue weighted by atomic mass is 10.2. The molecular weight excluding hydrogens is 264 g/mol. The number of aromatic nitrogens is 2. The van der Waals surface area contributed by atoms with Gasteiger partial charge < -0.3 is 5.32 Å². The first-order valence-corrected chi connectivity index (χ1v) is 5.32. The number of aryl methyl sites for hydroxylation is 1. The fraction of sp³-hybridized carbons (Fsp3) is 0.0909. The van der Waals surface area contributed by atoms with Gasteiger partial charge in [-0.05, 0) is 13.0 Å². The number of carbonyl (C=O) groups is 1. The van der Waals surface area contributed by atoms with Gasteiger partial charge in [0.25, 0.3) is 5.91 Å². The molecule has 0 aliphatic rings. The number of hydrogen-bond acceptors (Lipinski definition) is 2. The predicted octanol–water partition coefficient (Wildman–Crippen LogP) is 2.90. The zero-order valence-corrected chi connectivity index (χ0v) is 9.98. The molecule has 0 saturated carbocycles. The second-order valence-corrected chi connectivity index (χ2v) is 4.01. The Morgan fingerprint density at radius 3 is 2.72 bits per heavy atom. The summed E-state index contributed by atoms with van der Waals surface area (Å²) in [5.74, 6) is -2.32. The third-order valence-corrected chi connectivity index (χ3v) is 2.62. The quantitative estimate of drug-likeness (QED) is 0.882. The number of benzene rings is 1. The van der Waals surface area contributed by atoms with Gasteiger partial charge in [0, 0.05) is 11.8 Å². The van der Waals surface area contributed by atoms with Crippen LogP contribution in [0.5, 0.6) is 0 Å². The first-order valence-electron chi connectivity index (χ1n) is 4.95. The summed E-state index contributed by atoms with van der Waals surface area (Å²) < 4.78 is 26.3. The lowest BCUT2D eigenvalue weighted by molar-refractivity contribution is 0.102. The van der Waals surface area contributed by atoms with Crippen molar-refractivity contribution >= 4 is 23.2 Å². The molecule has 2 N–H and O–H groups in total. The minimum Gasteiger partial charge on any atom is -0.318 e. The standard InChI is InChI=1S/C11H8ClF2N3O/c1-5-7(4-15-17-5)11(18)16-10-8(12)2-6(13)3-9(10)14/h2-4H,1H3,(H,15,17)(H,16,18). The summed E-state index contributed by atoms with van der Waals surface area (Å²) >= 11 is 5.66. The Kier molecular flexibility index (Phi) is 3.29. The molecule has 0 atom stereocenters. The van der Waals surface area contributed by atoms with E-state index < -0.39 is 17.5 Å². The molecule has 2 aromatic rings. The highest BCUT2D eigenvalue weighted by atomic mass is 35.5. The number of nitrogens with one attached hydrogen (secondary N) is 2. The van der Waals surface area contributed by atoms with Crippen LogP contribution in [0.3, 0.4) is 0 Å². The Balaban J connectivity index is 2.31. The van der Waals surface area contributed by atoms with E-state index >= 15 is 0 Å². The molecular formula is C11H8ClF2N3O. The van der Waals surface area contributed by atoms with Crippen LogP contribution in [-0.2, 0) is 0 Å². The van der Waals surface area contributed by atoms with Gasteiger partial charge in [-0.25, -0.2) is 8.78 Å². The van der Waals surface area contributed by atoms with Crippen molar-refractivity contribution in [1.29, 1.82) is 0 Å². The fourth-order valence-electron chi connectivity index (χ4n) is 1.42. The van der Waals surface area contributed by atoms with Crippen LogP contribution in [0.1, 0.15) is 16.1 Å². The zero-order valence-electron chi connectivity index (χ0n) is 9.22. The lowest BCUT2D eigenvalue weighted by Gasteiger charge is -2.08. The normalized spacial score (nSPS) is 10.4. The van der Waals surface area contributed by atoms with Gasteiger partial charge in [0.2, 0.25) is 0 Å². The van der Waals surface area contributed by atoms with Gasteiger partial charge in [-0.2, -0.15) is 5.10 Å². The van der Waals surface area contributed by atoms with Crippen molar-refractivity contribution in [3.05, 3.63) is 46.2 Å². The first-order chi connectivity index (χ1) is 8.49. The second kappa shape index (κ2) is 4.73. The molecule has 0 aliphatic heterocycles. The third-order valence-electron chi connectivity index (χ3n) is 2.32. The van der Waals surface area contributed by atoms with Gasteiger partial charge >= 0.3 is 0 Å². The summed E-state index contributed by atoms with van der Waals surface area (Å²) in [6.07, 6.45) is 1.31. The third kappa shape index (κ3) is 2.33. The van der Waals surface area contributed by atoms with Crippen LogP contribution in [0.4, 0.5) is 14.5 Å². The molecule has 0 bridgehead atoms. The van der Waals surface area contributed by atoms with Crippen molar-refractivity contribution in [3.8, 4) is 0 Å². The Hall–Kier alpha value is -1.95. The monoisotopic (exact) mass is 271 g/mol. The van der Waals surface area contributed by atoms with Crippen LogP contribution in [0.2, 0.25) is 5.02 Å². The van der Waals surface area contributed by atoms with Gasteiger partial charge in [-0.15, -0.1) is 0 Å². The Labute approximate surface area is 106 Å². The molecule has 94 valence electrons. The van der Waals surface area contributed by atoms with Crippen molar-refractivity contribution in [1.82, 2.24) is 10.2 Å². The van der Waals surface area contributed by atoms with Crippen LogP contribution in [0.25, 0.3) is 0 Å². The minimum absolute atomic E-state index is 0.206. The molecule has 1 aromatic heterocycles. The van der Waals surface area contributed by atoms with Crippen molar-refractivity contribution in [2.75, 3.05) is 5.32 Å². The SMILES string of the molecule is Cc1[nH]ncc1C(=O)Nc1c(F)cc(F)cc1Cl. The smallest absolute Gasteiger partial charge is 0.259 e. The van der Waals surface area contributed by atoms with E-state index in [4.69, 9.17) is 11.6 Å². The number of carbonyl (C=O) groups excluding carboxylic acids is 1. The Morgan fingerprint density at radius 1 is 1.44 bits per heavy atom. The summed E-state index contributed by atoms with van der Waals surface area (Å²) in [7, 11) is 0. The van der Waals surface area contributed by atoms with Gasteiger partial charge in [0.15, 0.2) is 5.82 Å². The molecule has 1 aromatic carbocycles. The van der Waals surface area contributed by atoms with E-state index in [0.717, 1.165) is 6.07 Å². The van der Waals surface area contributed by atoms with E-state index in [1.54, 1.807) is 6.92 Å². The molecule has 0 fully saturated rings. The first kappa shape index (κ1) is 12.5. The van der Waals surface area contributed by atoms with E-state index in [2.05, 4.69) is 15.5 Å². The summed E-state index contributed by atoms with van der Waals surface area (Å²) in [5, 5.41) is 8.32. The van der Waals surface area contributed by atoms with Gasteiger partial charge in [-0.1, -0.05) is 11.6 Å². The number of amides is 1. The molecule has 0 radical (unpaired) electrons. The van der Waals surface area contributed by atoms with Crippen LogP contribution in [0, 0.1) is 18.6 Å². The molecule has 1 heterocycles. The summed E-state index contributed by atoms with van der Waals surface area (Å²) in [6.45, 7) is 1.64. The van der Waals surface area contributed by atoms with E-state index in [1.807, 2.05) is 0 Å². The molecule has 0 aliphatic carbocycles. The number of halogens is 3. The van der Waals surface area contributed by atoms with Crippen molar-refractivity contribution in [3.63, 3.8) is 0 Å². The van der Waals surface area contributed by atoms with E-state index in [9.17, 15) is 13.6 Å². The zero-order chi connectivity index (χ0) is 13.3. The highest BCUT2D eigenvalue weighted by molar-refractivity contribution is 6.34. The van der Waals surface area contributed by atoms with Crippen LogP contribution in [-0.4, -0.2) is 16.1 Å². The van der Waals surface area contributed by atoms with Crippen LogP contribution >= 0.6 is 11.6 Å². The summed E-state index contributed by atoms with van der Waals surface area (Å²) in [4.78, 5) is 11.8. The average molecular weight is 272 g/mol. The number of anilines is 1. The molecule has 18 heavy (non-hydrogen) atoms. The molecule has 0 spiro atoms. The molecule has 1 amide bonds. The maximum atomic E-state index is 13.5. The number of nitrogens with zero attached hydrogens (tertiary/aromatic N) is 1. The number of H-pyrrole nitrogens is 1. The molecule has 7 heteroatoms. The van der Waals surface area contributed by atoms with E-state index in [-0.39, 0.29) is 16.3 Å². The van der Waals surface area contributed by atoms with Gasteiger partial charge in [0.1, 0.15) is 5.82 Å². The predicted molar refractivity (Wildman–Crippen MR) is 62.6 cm³/mol. The Morgan fingerprint density at radius 2 is 2.17 bits per heavy atom. The number of hydrogen-bond donors (Lipinski definition) is 2. The molecule has 4 nitrogen and oxygen atoms in total.